The first-order chi connectivity index (χ1) is 10.6. The molecule has 2 aliphatic heterocycles. The second kappa shape index (κ2) is 6.26. The van der Waals surface area contributed by atoms with Crippen molar-refractivity contribution in [1.82, 2.24) is 10.6 Å². The lowest BCUT2D eigenvalue weighted by Crippen LogP contribution is -2.48. The Hall–Kier alpha value is -1.60. The molecule has 2 aliphatic rings. The summed E-state index contributed by atoms with van der Waals surface area (Å²) in [6.45, 7) is 0. The lowest BCUT2D eigenvalue weighted by molar-refractivity contribution is -0.387. The Kier molecular flexibility index (Phi) is 4.35. The Labute approximate surface area is 133 Å². The van der Waals surface area contributed by atoms with E-state index in [1.54, 1.807) is 18.4 Å². The number of rotatable bonds is 4. The number of benzene rings is 1. The maximum absolute atomic E-state index is 12.4. The van der Waals surface area contributed by atoms with E-state index in [0.29, 0.717) is 22.5 Å². The summed E-state index contributed by atoms with van der Waals surface area (Å²) in [6, 6.07) is 5.82. The van der Waals surface area contributed by atoms with Gasteiger partial charge in [-0.3, -0.25) is 14.9 Å². The van der Waals surface area contributed by atoms with E-state index in [4.69, 9.17) is 0 Å². The zero-order valence-corrected chi connectivity index (χ0v) is 13.2. The molecule has 2 heterocycles. The molecule has 6 nitrogen and oxygen atoms in total. The summed E-state index contributed by atoms with van der Waals surface area (Å²) < 4.78 is 0. The normalized spacial score (nSPS) is 26.7. The maximum Gasteiger partial charge on any atom is 0.283 e. The van der Waals surface area contributed by atoms with Crippen LogP contribution in [0.15, 0.2) is 23.1 Å². The third-order valence-corrected chi connectivity index (χ3v) is 5.23. The molecule has 2 unspecified atom stereocenters. The molecule has 1 amide bonds. The number of nitro groups is 1. The number of nitrogens with one attached hydrogen (secondary N) is 2. The summed E-state index contributed by atoms with van der Waals surface area (Å²) >= 11 is 1.31. The third kappa shape index (κ3) is 3.10. The first kappa shape index (κ1) is 15.3. The fraction of sp³-hybridized carbons (Fsp3) is 0.533. The van der Waals surface area contributed by atoms with Crippen LogP contribution in [0.3, 0.4) is 0 Å². The van der Waals surface area contributed by atoms with Crippen LogP contribution in [0, 0.1) is 10.1 Å². The number of carbonyl (C=O) groups is 1. The second-order valence-electron chi connectivity index (χ2n) is 5.92. The second-order valence-corrected chi connectivity index (χ2v) is 6.77. The van der Waals surface area contributed by atoms with Gasteiger partial charge in [0.2, 0.25) is 0 Å². The molecule has 2 saturated heterocycles. The molecule has 2 bridgehead atoms. The minimum atomic E-state index is -0.437. The van der Waals surface area contributed by atoms with Crippen LogP contribution >= 0.6 is 11.8 Å². The van der Waals surface area contributed by atoms with Gasteiger partial charge >= 0.3 is 0 Å². The summed E-state index contributed by atoms with van der Waals surface area (Å²) in [6.07, 6.45) is 6.00. The molecule has 0 saturated carbocycles. The molecule has 0 aliphatic carbocycles. The van der Waals surface area contributed by atoms with Gasteiger partial charge < -0.3 is 10.6 Å². The molecule has 2 atom stereocenters. The Morgan fingerprint density at radius 1 is 1.36 bits per heavy atom. The maximum atomic E-state index is 12.4. The van der Waals surface area contributed by atoms with Crippen molar-refractivity contribution < 1.29 is 9.72 Å². The van der Waals surface area contributed by atoms with E-state index in [-0.39, 0.29) is 17.6 Å². The number of hydrogen-bond donors (Lipinski definition) is 2. The van der Waals surface area contributed by atoms with Crippen LogP contribution < -0.4 is 10.6 Å². The number of carbonyl (C=O) groups excluding carboxylic acids is 1. The molecule has 22 heavy (non-hydrogen) atoms. The van der Waals surface area contributed by atoms with Gasteiger partial charge in [-0.2, -0.15) is 0 Å². The van der Waals surface area contributed by atoms with Crippen LogP contribution in [-0.2, 0) is 0 Å². The average Bonchev–Trinajstić information content (AvgIpc) is 2.85. The van der Waals surface area contributed by atoms with E-state index < -0.39 is 4.92 Å². The van der Waals surface area contributed by atoms with Crippen LogP contribution in [0.2, 0.25) is 0 Å². The summed E-state index contributed by atoms with van der Waals surface area (Å²) in [5.74, 6) is -0.220. The van der Waals surface area contributed by atoms with Crippen molar-refractivity contribution >= 4 is 23.4 Å². The molecule has 1 aromatic rings. The fourth-order valence-electron chi connectivity index (χ4n) is 3.42. The highest BCUT2D eigenvalue weighted by molar-refractivity contribution is 7.98. The van der Waals surface area contributed by atoms with E-state index in [1.165, 1.54) is 30.7 Å². The predicted molar refractivity (Wildman–Crippen MR) is 85.3 cm³/mol. The molecular formula is C15H19N3O3S. The third-order valence-electron chi connectivity index (χ3n) is 4.45. The number of piperidine rings is 1. The monoisotopic (exact) mass is 321 g/mol. The lowest BCUT2D eigenvalue weighted by Gasteiger charge is -2.29. The largest absolute Gasteiger partial charge is 0.349 e. The number of nitrogens with zero attached hydrogens (tertiary/aromatic N) is 1. The minimum Gasteiger partial charge on any atom is -0.349 e. The van der Waals surface area contributed by atoms with Gasteiger partial charge in [0.25, 0.3) is 11.6 Å². The van der Waals surface area contributed by atoms with Gasteiger partial charge in [-0.05, 0) is 44.1 Å². The highest BCUT2D eigenvalue weighted by atomic mass is 32.2. The van der Waals surface area contributed by atoms with Gasteiger partial charge in [-0.15, -0.1) is 11.8 Å². The Morgan fingerprint density at radius 2 is 2.05 bits per heavy atom. The molecule has 1 aromatic carbocycles. The van der Waals surface area contributed by atoms with E-state index >= 15 is 0 Å². The van der Waals surface area contributed by atoms with E-state index in [1.807, 2.05) is 0 Å². The quantitative estimate of drug-likeness (QED) is 0.505. The molecule has 3 rings (SSSR count). The number of nitro benzene ring substituents is 1. The van der Waals surface area contributed by atoms with Crippen molar-refractivity contribution in [3.63, 3.8) is 0 Å². The average molecular weight is 321 g/mol. The van der Waals surface area contributed by atoms with Crippen molar-refractivity contribution in [3.8, 4) is 0 Å². The number of amides is 1. The topological polar surface area (TPSA) is 84.3 Å². The molecule has 7 heteroatoms. The first-order valence-electron chi connectivity index (χ1n) is 7.46. The van der Waals surface area contributed by atoms with Gasteiger partial charge in [-0.25, -0.2) is 0 Å². The van der Waals surface area contributed by atoms with Crippen LogP contribution in [0.25, 0.3) is 0 Å². The van der Waals surface area contributed by atoms with Gasteiger partial charge in [0, 0.05) is 29.8 Å². The molecule has 2 fully saturated rings. The predicted octanol–water partition coefficient (Wildman–Crippen LogP) is 2.33. The van der Waals surface area contributed by atoms with Crippen LogP contribution in [0.5, 0.6) is 0 Å². The van der Waals surface area contributed by atoms with E-state index in [2.05, 4.69) is 10.6 Å². The summed E-state index contributed by atoms with van der Waals surface area (Å²) in [4.78, 5) is 23.6. The lowest BCUT2D eigenvalue weighted by atomic mass is 9.99. The standard InChI is InChI=1S/C15H19N3O3S/c1-22-14-5-2-9(6-13(14)18(20)21)15(19)17-12-7-10-3-4-11(8-12)16-10/h2,5-6,10-12,16H,3-4,7-8H2,1H3,(H,17,19). The highest BCUT2D eigenvalue weighted by Gasteiger charge is 2.34. The smallest absolute Gasteiger partial charge is 0.283 e. The van der Waals surface area contributed by atoms with Gasteiger partial charge in [-0.1, -0.05) is 0 Å². The zero-order chi connectivity index (χ0) is 15.7. The van der Waals surface area contributed by atoms with Gasteiger partial charge in [0.15, 0.2) is 0 Å². The fourth-order valence-corrected chi connectivity index (χ4v) is 3.96. The molecular weight excluding hydrogens is 302 g/mol. The van der Waals surface area contributed by atoms with Gasteiger partial charge in [0.05, 0.1) is 9.82 Å². The molecule has 118 valence electrons. The van der Waals surface area contributed by atoms with Crippen molar-refractivity contribution in [2.75, 3.05) is 6.26 Å². The van der Waals surface area contributed by atoms with Crippen molar-refractivity contribution in [1.29, 1.82) is 0 Å². The van der Waals surface area contributed by atoms with Crippen LogP contribution in [-0.4, -0.2) is 35.2 Å². The van der Waals surface area contributed by atoms with Crippen LogP contribution in [0.1, 0.15) is 36.0 Å². The SMILES string of the molecule is CSc1ccc(C(=O)NC2CC3CCC(C2)N3)cc1[N+](=O)[O-]. The molecule has 0 aromatic heterocycles. The van der Waals surface area contributed by atoms with Crippen molar-refractivity contribution in [3.05, 3.63) is 33.9 Å². The van der Waals surface area contributed by atoms with Crippen LogP contribution in [0.4, 0.5) is 5.69 Å². The Bertz CT molecular complexity index is 596. The summed E-state index contributed by atoms with van der Waals surface area (Å²) in [5.41, 5.74) is 0.348. The summed E-state index contributed by atoms with van der Waals surface area (Å²) in [7, 11) is 0. The van der Waals surface area contributed by atoms with E-state index in [9.17, 15) is 14.9 Å². The number of thioether (sulfide) groups is 1. The Morgan fingerprint density at radius 3 is 2.64 bits per heavy atom. The van der Waals surface area contributed by atoms with Crippen molar-refractivity contribution in [2.24, 2.45) is 0 Å². The zero-order valence-electron chi connectivity index (χ0n) is 12.4. The number of fused-ring (bicyclic) bond motifs is 2. The number of hydrogen-bond acceptors (Lipinski definition) is 5. The van der Waals surface area contributed by atoms with Crippen molar-refractivity contribution in [2.45, 2.75) is 48.7 Å². The summed E-state index contributed by atoms with van der Waals surface area (Å²) in [5, 5.41) is 17.7. The van der Waals surface area contributed by atoms with E-state index in [0.717, 1.165) is 12.8 Å². The van der Waals surface area contributed by atoms with Gasteiger partial charge in [0.1, 0.15) is 0 Å². The molecule has 0 radical (unpaired) electrons. The highest BCUT2D eigenvalue weighted by Crippen LogP contribution is 2.29. The minimum absolute atomic E-state index is 0.00877. The molecule has 2 N–H and O–H groups in total. The first-order valence-corrected chi connectivity index (χ1v) is 8.68. The molecule has 0 spiro atoms. The Balaban J connectivity index is 1.72.